The molecule has 26 heavy (non-hydrogen) atoms. The van der Waals surface area contributed by atoms with Gasteiger partial charge in [0.2, 0.25) is 11.9 Å². The summed E-state index contributed by atoms with van der Waals surface area (Å²) in [6.07, 6.45) is 5.78. The van der Waals surface area contributed by atoms with Gasteiger partial charge in [-0.1, -0.05) is 0 Å². The molecule has 0 bridgehead atoms. The second-order valence-corrected chi connectivity index (χ2v) is 8.30. The van der Waals surface area contributed by atoms with E-state index in [0.717, 1.165) is 37.3 Å². The standard InChI is InChI=1S/C18H29BN4O3/c1-13(24)20-9-14-7-6-8-23(12-14)16-21-10-15(11-22-16)19-25-17(2,3)18(4,5)26-19/h10-11,14H,6-9,12H2,1-5H3,(H,20,24). The number of carbonyl (C=O) groups is 1. The summed E-state index contributed by atoms with van der Waals surface area (Å²) in [6, 6.07) is 0. The van der Waals surface area contributed by atoms with Gasteiger partial charge in [-0.05, 0) is 46.5 Å². The Hall–Kier alpha value is -1.67. The van der Waals surface area contributed by atoms with Crippen LogP contribution in [0.4, 0.5) is 5.95 Å². The average Bonchev–Trinajstić information content (AvgIpc) is 2.81. The second kappa shape index (κ2) is 7.16. The molecule has 3 rings (SSSR count). The summed E-state index contributed by atoms with van der Waals surface area (Å²) < 4.78 is 12.1. The maximum atomic E-state index is 11.1. The zero-order valence-corrected chi connectivity index (χ0v) is 16.4. The van der Waals surface area contributed by atoms with Crippen LogP contribution in [-0.2, 0) is 14.1 Å². The molecule has 0 radical (unpaired) electrons. The van der Waals surface area contributed by atoms with Crippen molar-refractivity contribution in [2.75, 3.05) is 24.5 Å². The highest BCUT2D eigenvalue weighted by Gasteiger charge is 2.52. The van der Waals surface area contributed by atoms with Crippen LogP contribution in [0.15, 0.2) is 12.4 Å². The van der Waals surface area contributed by atoms with E-state index in [4.69, 9.17) is 9.31 Å². The highest BCUT2D eigenvalue weighted by molar-refractivity contribution is 6.61. The molecule has 3 heterocycles. The third-order valence-corrected chi connectivity index (χ3v) is 5.63. The van der Waals surface area contributed by atoms with Crippen LogP contribution < -0.4 is 15.7 Å². The molecule has 1 unspecified atom stereocenters. The van der Waals surface area contributed by atoms with Crippen LogP contribution >= 0.6 is 0 Å². The van der Waals surface area contributed by atoms with Gasteiger partial charge >= 0.3 is 7.12 Å². The van der Waals surface area contributed by atoms with E-state index in [1.165, 1.54) is 0 Å². The first-order chi connectivity index (χ1) is 12.2. The van der Waals surface area contributed by atoms with Gasteiger partial charge in [0.1, 0.15) is 0 Å². The number of piperidine rings is 1. The molecule has 7 nitrogen and oxygen atoms in total. The lowest BCUT2D eigenvalue weighted by Crippen LogP contribution is -2.42. The van der Waals surface area contributed by atoms with Crippen molar-refractivity contribution in [3.05, 3.63) is 12.4 Å². The topological polar surface area (TPSA) is 76.6 Å². The first kappa shape index (κ1) is 19.1. The van der Waals surface area contributed by atoms with E-state index in [9.17, 15) is 4.79 Å². The first-order valence-corrected chi connectivity index (χ1v) is 9.35. The third-order valence-electron chi connectivity index (χ3n) is 5.63. The van der Waals surface area contributed by atoms with Gasteiger partial charge in [-0.2, -0.15) is 0 Å². The molecule has 1 N–H and O–H groups in total. The molecule has 1 aromatic heterocycles. The largest absolute Gasteiger partial charge is 0.498 e. The molecular weight excluding hydrogens is 331 g/mol. The number of amides is 1. The lowest BCUT2D eigenvalue weighted by Gasteiger charge is -2.32. The van der Waals surface area contributed by atoms with Crippen molar-refractivity contribution in [1.29, 1.82) is 0 Å². The average molecular weight is 360 g/mol. The molecule has 1 amide bonds. The zero-order chi connectivity index (χ0) is 18.9. The van der Waals surface area contributed by atoms with Crippen LogP contribution in [0.3, 0.4) is 0 Å². The van der Waals surface area contributed by atoms with Gasteiger partial charge in [0.15, 0.2) is 0 Å². The minimum atomic E-state index is -0.442. The molecule has 0 saturated carbocycles. The molecule has 2 saturated heterocycles. The molecule has 2 aliphatic heterocycles. The highest BCUT2D eigenvalue weighted by atomic mass is 16.7. The summed E-state index contributed by atoms with van der Waals surface area (Å²) in [4.78, 5) is 22.4. The molecule has 0 aliphatic carbocycles. The number of nitrogens with one attached hydrogen (secondary N) is 1. The molecule has 2 aliphatic rings. The number of carbonyl (C=O) groups excluding carboxylic acids is 1. The van der Waals surface area contributed by atoms with Gasteiger partial charge in [-0.3, -0.25) is 4.79 Å². The minimum absolute atomic E-state index is 0.0186. The summed E-state index contributed by atoms with van der Waals surface area (Å²) in [5.74, 6) is 1.17. The summed E-state index contributed by atoms with van der Waals surface area (Å²) in [5, 5.41) is 2.91. The Bertz CT molecular complexity index is 634. The van der Waals surface area contributed by atoms with E-state index in [1.807, 2.05) is 27.7 Å². The van der Waals surface area contributed by atoms with E-state index in [2.05, 4.69) is 20.2 Å². The monoisotopic (exact) mass is 360 g/mol. The third kappa shape index (κ3) is 4.01. The number of hydrogen-bond donors (Lipinski definition) is 1. The van der Waals surface area contributed by atoms with Gasteiger partial charge in [-0.15, -0.1) is 0 Å². The van der Waals surface area contributed by atoms with Gasteiger partial charge in [0.25, 0.3) is 0 Å². The lowest BCUT2D eigenvalue weighted by molar-refractivity contribution is -0.119. The van der Waals surface area contributed by atoms with Crippen LogP contribution in [0.1, 0.15) is 47.5 Å². The zero-order valence-electron chi connectivity index (χ0n) is 16.4. The van der Waals surface area contributed by atoms with Gasteiger partial charge in [0.05, 0.1) is 11.2 Å². The van der Waals surface area contributed by atoms with Crippen molar-refractivity contribution in [2.45, 2.75) is 58.7 Å². The van der Waals surface area contributed by atoms with Crippen molar-refractivity contribution < 1.29 is 14.1 Å². The minimum Gasteiger partial charge on any atom is -0.399 e. The molecule has 0 aromatic carbocycles. The van der Waals surface area contributed by atoms with E-state index >= 15 is 0 Å². The van der Waals surface area contributed by atoms with Crippen LogP contribution in [0, 0.1) is 5.92 Å². The quantitative estimate of drug-likeness (QED) is 0.812. The first-order valence-electron chi connectivity index (χ1n) is 9.35. The Morgan fingerprint density at radius 3 is 2.46 bits per heavy atom. The van der Waals surface area contributed by atoms with E-state index < -0.39 is 7.12 Å². The fourth-order valence-corrected chi connectivity index (χ4v) is 3.30. The van der Waals surface area contributed by atoms with Crippen molar-refractivity contribution in [3.63, 3.8) is 0 Å². The molecule has 2 fully saturated rings. The molecule has 1 aromatic rings. The predicted molar refractivity (Wildman–Crippen MR) is 101 cm³/mol. The van der Waals surface area contributed by atoms with Gasteiger partial charge in [-0.25, -0.2) is 9.97 Å². The Morgan fingerprint density at radius 1 is 1.27 bits per heavy atom. The van der Waals surface area contributed by atoms with E-state index in [0.29, 0.717) is 12.5 Å². The molecule has 1 atom stereocenters. The van der Waals surface area contributed by atoms with Crippen LogP contribution in [-0.4, -0.2) is 53.8 Å². The van der Waals surface area contributed by atoms with Crippen molar-refractivity contribution in [1.82, 2.24) is 15.3 Å². The Labute approximate surface area is 156 Å². The SMILES string of the molecule is CC(=O)NCC1CCCN(c2ncc(B3OC(C)(C)C(C)(C)O3)cn2)C1. The van der Waals surface area contributed by atoms with Crippen molar-refractivity contribution in [3.8, 4) is 0 Å². The fraction of sp³-hybridized carbons (Fsp3) is 0.722. The Kier molecular flexibility index (Phi) is 5.26. The predicted octanol–water partition coefficient (Wildman–Crippen LogP) is 1.13. The van der Waals surface area contributed by atoms with Crippen molar-refractivity contribution >= 4 is 24.4 Å². The maximum Gasteiger partial charge on any atom is 0.498 e. The summed E-state index contributed by atoms with van der Waals surface area (Å²) >= 11 is 0. The van der Waals surface area contributed by atoms with Gasteiger partial charge < -0.3 is 19.5 Å². The Morgan fingerprint density at radius 2 is 1.88 bits per heavy atom. The second-order valence-electron chi connectivity index (χ2n) is 8.30. The maximum absolute atomic E-state index is 11.1. The molecule has 0 spiro atoms. The van der Waals surface area contributed by atoms with Crippen LogP contribution in [0.25, 0.3) is 0 Å². The molecule has 142 valence electrons. The summed E-state index contributed by atoms with van der Waals surface area (Å²) in [5.41, 5.74) is 0.0829. The number of nitrogens with zero attached hydrogens (tertiary/aromatic N) is 3. The lowest BCUT2D eigenvalue weighted by atomic mass is 9.81. The van der Waals surface area contributed by atoms with E-state index in [-0.39, 0.29) is 17.1 Å². The normalized spacial score (nSPS) is 24.6. The van der Waals surface area contributed by atoms with Crippen LogP contribution in [0.5, 0.6) is 0 Å². The van der Waals surface area contributed by atoms with Crippen LogP contribution in [0.2, 0.25) is 0 Å². The summed E-state index contributed by atoms with van der Waals surface area (Å²) in [6.45, 7) is 12.2. The number of aromatic nitrogens is 2. The fourth-order valence-electron chi connectivity index (χ4n) is 3.30. The molecular formula is C18H29BN4O3. The number of rotatable bonds is 4. The highest BCUT2D eigenvalue weighted by Crippen LogP contribution is 2.36. The smallest absolute Gasteiger partial charge is 0.399 e. The number of anilines is 1. The molecule has 8 heteroatoms. The van der Waals surface area contributed by atoms with Gasteiger partial charge in [0, 0.05) is 44.4 Å². The van der Waals surface area contributed by atoms with Crippen molar-refractivity contribution in [2.24, 2.45) is 5.92 Å². The van der Waals surface area contributed by atoms with E-state index in [1.54, 1.807) is 19.3 Å². The number of hydrogen-bond acceptors (Lipinski definition) is 6. The summed E-state index contributed by atoms with van der Waals surface area (Å²) in [7, 11) is -0.442. The Balaban J connectivity index is 1.64.